The van der Waals surface area contributed by atoms with E-state index in [1.807, 2.05) is 19.1 Å². The number of halogens is 2. The molecule has 0 aliphatic rings. The van der Waals surface area contributed by atoms with Crippen LogP contribution in [0.2, 0.25) is 0 Å². The van der Waals surface area contributed by atoms with Gasteiger partial charge < -0.3 is 10.5 Å². The molecule has 4 heteroatoms. The van der Waals surface area contributed by atoms with Gasteiger partial charge in [-0.2, -0.15) is 0 Å². The van der Waals surface area contributed by atoms with E-state index in [9.17, 15) is 0 Å². The topological polar surface area (TPSA) is 35.2 Å². The third kappa shape index (κ3) is 4.63. The predicted octanol–water partition coefficient (Wildman–Crippen LogP) is 4.25. The first-order chi connectivity index (χ1) is 8.58. The van der Waals surface area contributed by atoms with Gasteiger partial charge in [-0.3, -0.25) is 0 Å². The molecule has 2 nitrogen and oxygen atoms in total. The van der Waals surface area contributed by atoms with Gasteiger partial charge in [0.1, 0.15) is 12.4 Å². The van der Waals surface area contributed by atoms with Crippen LogP contribution in [0.15, 0.2) is 33.8 Å². The Kier molecular flexibility index (Phi) is 6.76. The fourth-order valence-corrected chi connectivity index (χ4v) is 2.10. The number of ether oxygens (including phenoxy) is 1. The second-order valence-electron chi connectivity index (χ2n) is 4.34. The Hall–Kier alpha value is -0.510. The minimum atomic E-state index is 0.159. The smallest absolute Gasteiger partial charge is 0.137 e. The number of benzene rings is 1. The van der Waals surface area contributed by atoms with Gasteiger partial charge in [0.25, 0.3) is 0 Å². The highest BCUT2D eigenvalue weighted by Crippen LogP contribution is 2.30. The molecule has 0 fully saturated rings. The van der Waals surface area contributed by atoms with E-state index in [1.54, 1.807) is 0 Å². The molecule has 100 valence electrons. The number of hydrogen-bond donors (Lipinski definition) is 1. The average Bonchev–Trinajstić information content (AvgIpc) is 2.37. The van der Waals surface area contributed by atoms with Crippen molar-refractivity contribution in [1.82, 2.24) is 0 Å². The maximum atomic E-state index is 6.00. The first-order valence-electron chi connectivity index (χ1n) is 6.00. The molecule has 1 atom stereocenters. The molecule has 1 unspecified atom stereocenters. The van der Waals surface area contributed by atoms with Gasteiger partial charge in [0.15, 0.2) is 0 Å². The normalized spacial score (nSPS) is 13.5. The minimum Gasteiger partial charge on any atom is -0.488 e. The summed E-state index contributed by atoms with van der Waals surface area (Å²) in [5.41, 5.74) is 9.65. The van der Waals surface area contributed by atoms with Gasteiger partial charge in [0, 0.05) is 11.6 Å². The number of para-hydroxylation sites is 1. The highest BCUT2D eigenvalue weighted by molar-refractivity contribution is 9.10. The molecule has 0 heterocycles. The first kappa shape index (κ1) is 15.5. The quantitative estimate of drug-likeness (QED) is 0.845. The van der Waals surface area contributed by atoms with Crippen molar-refractivity contribution in [3.05, 3.63) is 39.3 Å². The van der Waals surface area contributed by atoms with Gasteiger partial charge >= 0.3 is 0 Å². The van der Waals surface area contributed by atoms with E-state index >= 15 is 0 Å². The largest absolute Gasteiger partial charge is 0.488 e. The third-order valence-electron chi connectivity index (χ3n) is 2.69. The van der Waals surface area contributed by atoms with Crippen LogP contribution in [0.25, 0.3) is 0 Å². The SMILES string of the molecule is CCC(N)Cc1cccc(Br)c1OC/C(C)=C/Cl. The zero-order chi connectivity index (χ0) is 13.5. The summed E-state index contributed by atoms with van der Waals surface area (Å²) in [6.07, 6.45) is 1.77. The number of hydrogen-bond acceptors (Lipinski definition) is 2. The fraction of sp³-hybridized carbons (Fsp3) is 0.429. The molecule has 0 saturated heterocycles. The molecule has 1 aromatic carbocycles. The van der Waals surface area contributed by atoms with Crippen LogP contribution in [0.1, 0.15) is 25.8 Å². The molecule has 1 aromatic rings. The molecule has 2 N–H and O–H groups in total. The van der Waals surface area contributed by atoms with Crippen LogP contribution >= 0.6 is 27.5 Å². The molecule has 18 heavy (non-hydrogen) atoms. The molecule has 0 spiro atoms. The zero-order valence-electron chi connectivity index (χ0n) is 10.7. The molecule has 0 aliphatic heterocycles. The van der Waals surface area contributed by atoms with E-state index < -0.39 is 0 Å². The lowest BCUT2D eigenvalue weighted by molar-refractivity contribution is 0.345. The minimum absolute atomic E-state index is 0.159. The summed E-state index contributed by atoms with van der Waals surface area (Å²) >= 11 is 9.14. The highest BCUT2D eigenvalue weighted by atomic mass is 79.9. The molecule has 0 radical (unpaired) electrons. The Balaban J connectivity index is 2.86. The molecule has 0 aliphatic carbocycles. The van der Waals surface area contributed by atoms with Crippen molar-refractivity contribution in [3.8, 4) is 5.75 Å². The van der Waals surface area contributed by atoms with Crippen LogP contribution in [0.4, 0.5) is 0 Å². The second-order valence-corrected chi connectivity index (χ2v) is 5.42. The fourth-order valence-electron chi connectivity index (χ4n) is 1.52. The maximum absolute atomic E-state index is 6.00. The van der Waals surface area contributed by atoms with Crippen LogP contribution in [-0.2, 0) is 6.42 Å². The lowest BCUT2D eigenvalue weighted by Crippen LogP contribution is -2.21. The van der Waals surface area contributed by atoms with Crippen LogP contribution in [0.3, 0.4) is 0 Å². The second kappa shape index (κ2) is 7.82. The van der Waals surface area contributed by atoms with E-state index in [0.717, 1.165) is 34.2 Å². The van der Waals surface area contributed by atoms with E-state index in [4.69, 9.17) is 22.1 Å². The maximum Gasteiger partial charge on any atom is 0.137 e. The summed E-state index contributed by atoms with van der Waals surface area (Å²) in [4.78, 5) is 0. The summed E-state index contributed by atoms with van der Waals surface area (Å²) in [5.74, 6) is 0.860. The van der Waals surface area contributed by atoms with Crippen molar-refractivity contribution < 1.29 is 4.74 Å². The van der Waals surface area contributed by atoms with Crippen molar-refractivity contribution in [2.45, 2.75) is 32.7 Å². The molecule has 0 bridgehead atoms. The van der Waals surface area contributed by atoms with Crippen LogP contribution in [-0.4, -0.2) is 12.6 Å². The van der Waals surface area contributed by atoms with E-state index in [0.29, 0.717) is 6.61 Å². The molecule has 1 rings (SSSR count). The van der Waals surface area contributed by atoms with Gasteiger partial charge in [-0.25, -0.2) is 0 Å². The summed E-state index contributed by atoms with van der Waals surface area (Å²) < 4.78 is 6.76. The molecule has 0 amide bonds. The molecular weight excluding hydrogens is 314 g/mol. The summed E-state index contributed by atoms with van der Waals surface area (Å²) in [7, 11) is 0. The Labute approximate surface area is 122 Å². The van der Waals surface area contributed by atoms with Crippen molar-refractivity contribution in [1.29, 1.82) is 0 Å². The van der Waals surface area contributed by atoms with Gasteiger partial charge in [-0.05, 0) is 52.9 Å². The predicted molar refractivity (Wildman–Crippen MR) is 81.2 cm³/mol. The first-order valence-corrected chi connectivity index (χ1v) is 7.23. The monoisotopic (exact) mass is 331 g/mol. The Morgan fingerprint density at radius 1 is 1.56 bits per heavy atom. The Bertz CT molecular complexity index is 420. The number of rotatable bonds is 6. The van der Waals surface area contributed by atoms with E-state index in [1.165, 1.54) is 5.54 Å². The van der Waals surface area contributed by atoms with Crippen LogP contribution in [0.5, 0.6) is 5.75 Å². The molecular formula is C14H19BrClNO. The van der Waals surface area contributed by atoms with E-state index in [-0.39, 0.29) is 6.04 Å². The van der Waals surface area contributed by atoms with Gasteiger partial charge in [0.05, 0.1) is 4.47 Å². The van der Waals surface area contributed by atoms with Gasteiger partial charge in [-0.1, -0.05) is 30.7 Å². The average molecular weight is 333 g/mol. The summed E-state index contributed by atoms with van der Waals surface area (Å²) in [6, 6.07) is 6.18. The third-order valence-corrected chi connectivity index (χ3v) is 3.68. The van der Waals surface area contributed by atoms with Crippen LogP contribution in [0, 0.1) is 0 Å². The Morgan fingerprint density at radius 2 is 2.28 bits per heavy atom. The van der Waals surface area contributed by atoms with Crippen molar-refractivity contribution in [3.63, 3.8) is 0 Å². The lowest BCUT2D eigenvalue weighted by Gasteiger charge is -2.16. The molecule has 0 saturated carbocycles. The lowest BCUT2D eigenvalue weighted by atomic mass is 10.0. The highest BCUT2D eigenvalue weighted by Gasteiger charge is 2.11. The van der Waals surface area contributed by atoms with E-state index in [2.05, 4.69) is 28.9 Å². The van der Waals surface area contributed by atoms with Gasteiger partial charge in [0.2, 0.25) is 0 Å². The number of nitrogens with two attached hydrogens (primary N) is 1. The molecule has 0 aromatic heterocycles. The van der Waals surface area contributed by atoms with Crippen molar-refractivity contribution in [2.75, 3.05) is 6.61 Å². The standard InChI is InChI=1S/C14H19BrClNO/c1-3-12(17)7-11-5-4-6-13(15)14(11)18-9-10(2)8-16/h4-6,8,12H,3,7,9,17H2,1-2H3/b10-8+. The van der Waals surface area contributed by atoms with Gasteiger partial charge in [-0.15, -0.1) is 0 Å². The Morgan fingerprint density at radius 3 is 2.89 bits per heavy atom. The summed E-state index contributed by atoms with van der Waals surface area (Å²) in [5, 5.41) is 0. The van der Waals surface area contributed by atoms with Crippen molar-refractivity contribution >= 4 is 27.5 Å². The zero-order valence-corrected chi connectivity index (χ0v) is 13.1. The van der Waals surface area contributed by atoms with Crippen molar-refractivity contribution in [2.24, 2.45) is 5.73 Å². The van der Waals surface area contributed by atoms with Crippen LogP contribution < -0.4 is 10.5 Å². The summed E-state index contributed by atoms with van der Waals surface area (Å²) in [6.45, 7) is 4.51.